The Morgan fingerprint density at radius 1 is 1.03 bits per heavy atom. The first-order chi connectivity index (χ1) is 15.9. The van der Waals surface area contributed by atoms with Gasteiger partial charge < -0.3 is 10.2 Å². The number of nitrogens with zero attached hydrogens (tertiary/aromatic N) is 2. The molecule has 7 heteroatoms. The van der Waals surface area contributed by atoms with Gasteiger partial charge in [-0.25, -0.2) is 4.79 Å². The molecule has 0 radical (unpaired) electrons. The highest BCUT2D eigenvalue weighted by Crippen LogP contribution is 2.29. The molecule has 0 bridgehead atoms. The van der Waals surface area contributed by atoms with E-state index in [2.05, 4.69) is 11.4 Å². The van der Waals surface area contributed by atoms with E-state index in [1.54, 1.807) is 35.3 Å². The predicted octanol–water partition coefficient (Wildman–Crippen LogP) is 4.18. The molecule has 1 aliphatic rings. The third-order valence-electron chi connectivity index (χ3n) is 6.04. The van der Waals surface area contributed by atoms with E-state index in [4.69, 9.17) is 0 Å². The molecule has 2 aromatic carbocycles. The zero-order valence-corrected chi connectivity index (χ0v) is 19.5. The number of carbonyl (C=O) groups is 3. The third-order valence-corrected chi connectivity index (χ3v) is 6.94. The number of amides is 4. The van der Waals surface area contributed by atoms with Crippen LogP contribution in [0.15, 0.2) is 78.2 Å². The monoisotopic (exact) mass is 461 g/mol. The summed E-state index contributed by atoms with van der Waals surface area (Å²) in [4.78, 5) is 43.4. The minimum Gasteiger partial charge on any atom is -0.334 e. The molecule has 1 N–H and O–H groups in total. The lowest BCUT2D eigenvalue weighted by atomic mass is 9.92. The van der Waals surface area contributed by atoms with Crippen molar-refractivity contribution in [2.24, 2.45) is 0 Å². The lowest BCUT2D eigenvalue weighted by molar-refractivity contribution is -0.140. The van der Waals surface area contributed by atoms with Gasteiger partial charge in [0.05, 0.1) is 0 Å². The number of urea groups is 1. The summed E-state index contributed by atoms with van der Waals surface area (Å²) in [6.45, 7) is 3.79. The van der Waals surface area contributed by atoms with E-state index in [-0.39, 0.29) is 18.5 Å². The zero-order valence-electron chi connectivity index (χ0n) is 18.7. The Bertz CT molecular complexity index is 1120. The van der Waals surface area contributed by atoms with E-state index in [9.17, 15) is 14.4 Å². The van der Waals surface area contributed by atoms with Crippen molar-refractivity contribution in [3.05, 3.63) is 94.2 Å². The summed E-state index contributed by atoms with van der Waals surface area (Å²) in [5.41, 5.74) is 0.492. The van der Waals surface area contributed by atoms with Crippen molar-refractivity contribution >= 4 is 29.2 Å². The third kappa shape index (κ3) is 4.83. The maximum absolute atomic E-state index is 13.5. The normalized spacial score (nSPS) is 18.8. The smallest absolute Gasteiger partial charge is 0.325 e. The highest BCUT2D eigenvalue weighted by Gasteiger charge is 2.49. The van der Waals surface area contributed by atoms with Gasteiger partial charge in [-0.3, -0.25) is 14.5 Å². The van der Waals surface area contributed by atoms with E-state index in [0.717, 1.165) is 10.5 Å². The van der Waals surface area contributed by atoms with Crippen LogP contribution >= 0.6 is 11.3 Å². The Labute approximate surface area is 197 Å². The number of thiophene rings is 1. The number of rotatable bonds is 8. The SMILES string of the molecule is CC(Cc1cccs1)N(Cc1ccccc1)C(=O)CN1C(=O)NC(C)(c2ccccc2)C1=O. The minimum atomic E-state index is -1.19. The summed E-state index contributed by atoms with van der Waals surface area (Å²) < 4.78 is 0. The summed E-state index contributed by atoms with van der Waals surface area (Å²) in [5.74, 6) is -0.679. The maximum Gasteiger partial charge on any atom is 0.325 e. The van der Waals surface area contributed by atoms with Gasteiger partial charge in [0.25, 0.3) is 5.91 Å². The number of nitrogens with one attached hydrogen (secondary N) is 1. The van der Waals surface area contributed by atoms with Gasteiger partial charge in [-0.2, -0.15) is 0 Å². The Kier molecular flexibility index (Phi) is 6.60. The van der Waals surface area contributed by atoms with Crippen LogP contribution in [0, 0.1) is 0 Å². The first-order valence-electron chi connectivity index (χ1n) is 10.9. The largest absolute Gasteiger partial charge is 0.334 e. The van der Waals surface area contributed by atoms with E-state index in [1.165, 1.54) is 4.88 Å². The van der Waals surface area contributed by atoms with Gasteiger partial charge in [-0.15, -0.1) is 11.3 Å². The molecule has 6 nitrogen and oxygen atoms in total. The minimum absolute atomic E-state index is 0.0994. The van der Waals surface area contributed by atoms with Crippen molar-refractivity contribution in [3.63, 3.8) is 0 Å². The molecule has 0 spiro atoms. The molecule has 2 heterocycles. The molecule has 0 aliphatic carbocycles. The van der Waals surface area contributed by atoms with Crippen molar-refractivity contribution in [2.45, 2.75) is 38.4 Å². The lowest BCUT2D eigenvalue weighted by Gasteiger charge is -2.31. The zero-order chi connectivity index (χ0) is 23.4. The highest BCUT2D eigenvalue weighted by atomic mass is 32.1. The highest BCUT2D eigenvalue weighted by molar-refractivity contribution is 7.09. The van der Waals surface area contributed by atoms with E-state index < -0.39 is 17.5 Å². The predicted molar refractivity (Wildman–Crippen MR) is 129 cm³/mol. The fourth-order valence-corrected chi connectivity index (χ4v) is 4.96. The van der Waals surface area contributed by atoms with Crippen LogP contribution < -0.4 is 5.32 Å². The van der Waals surface area contributed by atoms with E-state index in [1.807, 2.05) is 66.9 Å². The van der Waals surface area contributed by atoms with Gasteiger partial charge in [0.15, 0.2) is 0 Å². The molecule has 1 fully saturated rings. The number of benzene rings is 2. The van der Waals surface area contributed by atoms with Gasteiger partial charge >= 0.3 is 6.03 Å². The van der Waals surface area contributed by atoms with Crippen molar-refractivity contribution < 1.29 is 14.4 Å². The molecule has 0 saturated carbocycles. The average Bonchev–Trinajstić information content (AvgIpc) is 3.41. The Morgan fingerprint density at radius 3 is 2.33 bits per heavy atom. The number of carbonyl (C=O) groups excluding carboxylic acids is 3. The van der Waals surface area contributed by atoms with Crippen molar-refractivity contribution in [3.8, 4) is 0 Å². The molecular formula is C26H27N3O3S. The molecule has 3 aromatic rings. The first-order valence-corrected chi connectivity index (χ1v) is 11.8. The number of hydrogen-bond acceptors (Lipinski definition) is 4. The van der Waals surface area contributed by atoms with Gasteiger partial charge in [-0.1, -0.05) is 66.7 Å². The summed E-state index contributed by atoms with van der Waals surface area (Å²) >= 11 is 1.65. The second-order valence-electron chi connectivity index (χ2n) is 8.45. The molecule has 2 atom stereocenters. The van der Waals surface area contributed by atoms with Crippen molar-refractivity contribution in [2.75, 3.05) is 6.54 Å². The summed E-state index contributed by atoms with van der Waals surface area (Å²) in [6.07, 6.45) is 0.706. The molecule has 1 saturated heterocycles. The van der Waals surface area contributed by atoms with Crippen LogP contribution in [0.25, 0.3) is 0 Å². The lowest BCUT2D eigenvalue weighted by Crippen LogP contribution is -2.47. The summed E-state index contributed by atoms with van der Waals surface area (Å²) in [7, 11) is 0. The van der Waals surface area contributed by atoms with Crippen LogP contribution in [-0.2, 0) is 28.1 Å². The van der Waals surface area contributed by atoms with Crippen LogP contribution in [-0.4, -0.2) is 40.2 Å². The summed E-state index contributed by atoms with van der Waals surface area (Å²) in [5, 5.41) is 4.79. The molecule has 1 aliphatic heterocycles. The van der Waals surface area contributed by atoms with Crippen molar-refractivity contribution in [1.82, 2.24) is 15.1 Å². The maximum atomic E-state index is 13.5. The van der Waals surface area contributed by atoms with Crippen LogP contribution in [0.4, 0.5) is 4.79 Å². The molecule has 170 valence electrons. The second-order valence-corrected chi connectivity index (χ2v) is 9.48. The standard InChI is InChI=1S/C26H27N3O3S/c1-19(16-22-14-9-15-33-22)28(17-20-10-5-3-6-11-20)23(30)18-29-24(31)26(2,27-25(29)32)21-12-7-4-8-13-21/h3-15,19H,16-18H2,1-2H3,(H,27,32). The quantitative estimate of drug-likeness (QED) is 0.512. The van der Waals surface area contributed by atoms with Crippen molar-refractivity contribution in [1.29, 1.82) is 0 Å². The molecule has 33 heavy (non-hydrogen) atoms. The van der Waals surface area contributed by atoms with E-state index >= 15 is 0 Å². The summed E-state index contributed by atoms with van der Waals surface area (Å²) in [6, 6.07) is 22.2. The average molecular weight is 462 g/mol. The Balaban J connectivity index is 1.54. The van der Waals surface area contributed by atoms with Gasteiger partial charge in [-0.05, 0) is 36.4 Å². The van der Waals surface area contributed by atoms with Crippen LogP contribution in [0.1, 0.15) is 29.9 Å². The number of hydrogen-bond donors (Lipinski definition) is 1. The van der Waals surface area contributed by atoms with Crippen LogP contribution in [0.5, 0.6) is 0 Å². The molecule has 4 rings (SSSR count). The van der Waals surface area contributed by atoms with E-state index in [0.29, 0.717) is 18.5 Å². The molecule has 4 amide bonds. The van der Waals surface area contributed by atoms with Gasteiger partial charge in [0, 0.05) is 23.9 Å². The van der Waals surface area contributed by atoms with Gasteiger partial charge in [0.2, 0.25) is 5.91 Å². The fourth-order valence-electron chi connectivity index (χ4n) is 4.13. The Hall–Kier alpha value is -3.45. The molecule has 2 unspecified atom stereocenters. The molecular weight excluding hydrogens is 434 g/mol. The van der Waals surface area contributed by atoms with Crippen LogP contribution in [0.2, 0.25) is 0 Å². The fraction of sp³-hybridized carbons (Fsp3) is 0.269. The topological polar surface area (TPSA) is 69.7 Å². The van der Waals surface area contributed by atoms with Gasteiger partial charge in [0.1, 0.15) is 12.1 Å². The first kappa shape index (κ1) is 22.7. The van der Waals surface area contributed by atoms with Crippen LogP contribution in [0.3, 0.4) is 0 Å². The number of imide groups is 1. The second kappa shape index (κ2) is 9.58. The molecule has 1 aromatic heterocycles. The Morgan fingerprint density at radius 2 is 1.70 bits per heavy atom.